The van der Waals surface area contributed by atoms with Gasteiger partial charge >= 0.3 is 0 Å². The predicted octanol–water partition coefficient (Wildman–Crippen LogP) is 1.87. The van der Waals surface area contributed by atoms with Crippen LogP contribution in [-0.2, 0) is 14.2 Å². The zero-order valence-electron chi connectivity index (χ0n) is 12.2. The zero-order valence-corrected chi connectivity index (χ0v) is 12.2. The molecule has 2 aliphatic heterocycles. The van der Waals surface area contributed by atoms with Gasteiger partial charge in [-0.05, 0) is 40.0 Å². The molecule has 0 amide bonds. The van der Waals surface area contributed by atoms with E-state index in [9.17, 15) is 5.11 Å². The monoisotopic (exact) mass is 268 g/mol. The number of rotatable bonds is 1. The lowest BCUT2D eigenvalue weighted by Gasteiger charge is -2.52. The average Bonchev–Trinajstić information content (AvgIpc) is 2.99. The first-order valence-corrected chi connectivity index (χ1v) is 7.00. The van der Waals surface area contributed by atoms with Gasteiger partial charge in [0.2, 0.25) is 0 Å². The van der Waals surface area contributed by atoms with Crippen molar-refractivity contribution in [3.8, 4) is 0 Å². The Morgan fingerprint density at radius 1 is 1.21 bits per heavy atom. The fourth-order valence-corrected chi connectivity index (χ4v) is 3.76. The second-order valence-electron chi connectivity index (χ2n) is 7.04. The summed E-state index contributed by atoms with van der Waals surface area (Å²) in [5, 5.41) is 10.8. The summed E-state index contributed by atoms with van der Waals surface area (Å²) in [6, 6.07) is 0. The summed E-state index contributed by atoms with van der Waals surface area (Å²) in [6.45, 7) is 12.9. The van der Waals surface area contributed by atoms with E-state index in [2.05, 4.69) is 6.58 Å². The topological polar surface area (TPSA) is 51.2 Å². The Hall–Kier alpha value is -0.420. The van der Waals surface area contributed by atoms with Crippen molar-refractivity contribution in [1.82, 2.24) is 0 Å². The molecule has 4 heteroatoms. The van der Waals surface area contributed by atoms with Gasteiger partial charge in [0, 0.05) is 0 Å². The highest BCUT2D eigenvalue weighted by molar-refractivity contribution is 5.23. The summed E-state index contributed by atoms with van der Waals surface area (Å²) < 4.78 is 17.4. The van der Waals surface area contributed by atoms with Crippen LogP contribution >= 0.6 is 0 Å². The fraction of sp³-hybridized carbons (Fsp3) is 0.867. The highest BCUT2D eigenvalue weighted by atomic mass is 16.7. The standard InChI is InChI=1S/C15H24O4/c1-9(2)10-6-11-14(5,19-11)12(16)15(10)7-17-13(3,4)18-8-15/h10-12,16H,1,6-8H2,2-5H3/t10-,11+,12-,14+/m1/s1. The van der Waals surface area contributed by atoms with Crippen LogP contribution in [-0.4, -0.2) is 41.9 Å². The number of allylic oxidation sites excluding steroid dienone is 1. The Kier molecular flexibility index (Phi) is 2.72. The van der Waals surface area contributed by atoms with Crippen LogP contribution in [0.1, 0.15) is 34.1 Å². The number of aliphatic hydroxyl groups is 1. The van der Waals surface area contributed by atoms with Crippen molar-refractivity contribution in [3.05, 3.63) is 12.2 Å². The number of epoxide rings is 1. The van der Waals surface area contributed by atoms with E-state index in [0.717, 1.165) is 12.0 Å². The largest absolute Gasteiger partial charge is 0.389 e. The molecule has 4 nitrogen and oxygen atoms in total. The molecule has 19 heavy (non-hydrogen) atoms. The summed E-state index contributed by atoms with van der Waals surface area (Å²) in [7, 11) is 0. The molecule has 1 N–H and O–H groups in total. The van der Waals surface area contributed by atoms with E-state index < -0.39 is 22.9 Å². The molecular weight excluding hydrogens is 244 g/mol. The molecule has 1 aliphatic carbocycles. The van der Waals surface area contributed by atoms with Crippen LogP contribution < -0.4 is 0 Å². The van der Waals surface area contributed by atoms with Gasteiger partial charge in [-0.3, -0.25) is 0 Å². The first-order valence-electron chi connectivity index (χ1n) is 7.00. The minimum absolute atomic E-state index is 0.143. The van der Waals surface area contributed by atoms with Gasteiger partial charge in [-0.2, -0.15) is 0 Å². The summed E-state index contributed by atoms with van der Waals surface area (Å²) in [6.07, 6.45) is 0.470. The molecule has 0 aromatic rings. The Bertz CT molecular complexity index is 406. The third kappa shape index (κ3) is 1.81. The molecule has 0 unspecified atom stereocenters. The second-order valence-corrected chi connectivity index (χ2v) is 7.04. The molecular formula is C15H24O4. The molecule has 3 fully saturated rings. The van der Waals surface area contributed by atoms with Gasteiger partial charge in [0.15, 0.2) is 5.79 Å². The van der Waals surface area contributed by atoms with E-state index in [4.69, 9.17) is 14.2 Å². The van der Waals surface area contributed by atoms with E-state index in [1.165, 1.54) is 0 Å². The van der Waals surface area contributed by atoms with Crippen molar-refractivity contribution in [1.29, 1.82) is 0 Å². The quantitative estimate of drug-likeness (QED) is 0.582. The van der Waals surface area contributed by atoms with Crippen LogP contribution in [0, 0.1) is 11.3 Å². The van der Waals surface area contributed by atoms with Crippen LogP contribution in [0.2, 0.25) is 0 Å². The van der Waals surface area contributed by atoms with Crippen molar-refractivity contribution in [3.63, 3.8) is 0 Å². The van der Waals surface area contributed by atoms with Crippen molar-refractivity contribution in [2.24, 2.45) is 11.3 Å². The van der Waals surface area contributed by atoms with E-state index in [1.807, 2.05) is 27.7 Å². The maximum absolute atomic E-state index is 10.8. The molecule has 108 valence electrons. The molecule has 1 saturated carbocycles. The molecule has 0 aromatic carbocycles. The molecule has 3 aliphatic rings. The third-order valence-electron chi connectivity index (χ3n) is 5.18. The fourth-order valence-electron chi connectivity index (χ4n) is 3.76. The Morgan fingerprint density at radius 2 is 1.79 bits per heavy atom. The second kappa shape index (κ2) is 3.82. The molecule has 0 bridgehead atoms. The molecule has 2 saturated heterocycles. The van der Waals surface area contributed by atoms with Crippen LogP contribution in [0.5, 0.6) is 0 Å². The SMILES string of the molecule is C=C(C)[C@H]1C[C@@H]2O[C@]2(C)[C@@H](O)C12COC(C)(C)OC2. The van der Waals surface area contributed by atoms with Crippen molar-refractivity contribution < 1.29 is 19.3 Å². The van der Waals surface area contributed by atoms with Crippen molar-refractivity contribution in [2.45, 2.75) is 57.7 Å². The van der Waals surface area contributed by atoms with E-state index in [0.29, 0.717) is 13.2 Å². The van der Waals surface area contributed by atoms with Gasteiger partial charge < -0.3 is 19.3 Å². The highest BCUT2D eigenvalue weighted by Gasteiger charge is 2.70. The van der Waals surface area contributed by atoms with Gasteiger partial charge in [-0.25, -0.2) is 0 Å². The van der Waals surface area contributed by atoms with Crippen LogP contribution in [0.4, 0.5) is 0 Å². The lowest BCUT2D eigenvalue weighted by molar-refractivity contribution is -0.313. The summed E-state index contributed by atoms with van der Waals surface area (Å²) >= 11 is 0. The summed E-state index contributed by atoms with van der Waals surface area (Å²) in [5.74, 6) is -0.397. The Labute approximate surface area is 114 Å². The Morgan fingerprint density at radius 3 is 2.32 bits per heavy atom. The van der Waals surface area contributed by atoms with Crippen molar-refractivity contribution >= 4 is 0 Å². The smallest absolute Gasteiger partial charge is 0.162 e. The number of hydrogen-bond acceptors (Lipinski definition) is 4. The molecule has 4 atom stereocenters. The molecule has 0 aromatic heterocycles. The van der Waals surface area contributed by atoms with E-state index >= 15 is 0 Å². The highest BCUT2D eigenvalue weighted by Crippen LogP contribution is 2.59. The van der Waals surface area contributed by atoms with Crippen LogP contribution in [0.15, 0.2) is 12.2 Å². The first-order chi connectivity index (χ1) is 8.71. The molecule has 2 heterocycles. The maximum Gasteiger partial charge on any atom is 0.162 e. The number of fused-ring (bicyclic) bond motifs is 1. The molecule has 0 radical (unpaired) electrons. The summed E-state index contributed by atoms with van der Waals surface area (Å²) in [4.78, 5) is 0. The van der Waals surface area contributed by atoms with Gasteiger partial charge in [0.05, 0.1) is 30.8 Å². The normalized spacial score (nSPS) is 46.7. The molecule has 3 rings (SSSR count). The maximum atomic E-state index is 10.8. The Balaban J connectivity index is 1.93. The average molecular weight is 268 g/mol. The van der Waals surface area contributed by atoms with Gasteiger partial charge in [0.1, 0.15) is 5.60 Å². The van der Waals surface area contributed by atoms with E-state index in [-0.39, 0.29) is 12.0 Å². The lowest BCUT2D eigenvalue weighted by Crippen LogP contribution is -2.62. The number of ether oxygens (including phenoxy) is 3. The van der Waals surface area contributed by atoms with Crippen LogP contribution in [0.25, 0.3) is 0 Å². The number of aliphatic hydroxyl groups excluding tert-OH is 1. The summed E-state index contributed by atoms with van der Waals surface area (Å²) in [5.41, 5.74) is 0.215. The predicted molar refractivity (Wildman–Crippen MR) is 70.6 cm³/mol. The first kappa shape index (κ1) is 13.6. The zero-order chi connectivity index (χ0) is 14.1. The van der Waals surface area contributed by atoms with Gasteiger partial charge in [-0.15, -0.1) is 0 Å². The molecule has 1 spiro atoms. The lowest BCUT2D eigenvalue weighted by atomic mass is 9.59. The van der Waals surface area contributed by atoms with Gasteiger partial charge in [0.25, 0.3) is 0 Å². The van der Waals surface area contributed by atoms with E-state index in [1.54, 1.807) is 0 Å². The van der Waals surface area contributed by atoms with Crippen LogP contribution in [0.3, 0.4) is 0 Å². The van der Waals surface area contributed by atoms with Gasteiger partial charge in [-0.1, -0.05) is 12.2 Å². The minimum Gasteiger partial charge on any atom is -0.389 e. The number of hydrogen-bond donors (Lipinski definition) is 1. The minimum atomic E-state index is -0.577. The third-order valence-corrected chi connectivity index (χ3v) is 5.18. The van der Waals surface area contributed by atoms with Crippen molar-refractivity contribution in [2.75, 3.05) is 13.2 Å².